The molecule has 0 radical (unpaired) electrons. The number of anilines is 1. The van der Waals surface area contributed by atoms with Crippen molar-refractivity contribution in [2.45, 2.75) is 69.9 Å². The summed E-state index contributed by atoms with van der Waals surface area (Å²) in [5.74, 6) is 1.59. The molecule has 1 saturated carbocycles. The molecule has 3 atom stereocenters. The first-order valence-corrected chi connectivity index (χ1v) is 22.8. The maximum absolute atomic E-state index is 14.6. The SMILES string of the molecule is CNc1cc(/C2=C/CN(C(=O)OC(C)(C)C)C3C[C@H](Cc4ccccc4)[C@@H](C3)Oc3cccc(c3)Cn3cc2cn3)c2nnn(C(c3ccccc3)(c3ccccc3)c3ccccc3)c2n1. The second-order valence-electron chi connectivity index (χ2n) is 18.3. The average molecular weight is 875 g/mol. The fraction of sp³-hybridized carbons (Fsp3) is 0.255. The van der Waals surface area contributed by atoms with Crippen LogP contribution in [0.4, 0.5) is 10.6 Å². The lowest BCUT2D eigenvalue weighted by Gasteiger charge is -2.36. The Morgan fingerprint density at radius 1 is 0.803 bits per heavy atom. The average Bonchev–Trinajstić information content (AvgIpc) is 4.08. The van der Waals surface area contributed by atoms with Crippen molar-refractivity contribution in [3.8, 4) is 5.75 Å². The molecule has 11 heteroatoms. The molecular formula is C55H54N8O3. The summed E-state index contributed by atoms with van der Waals surface area (Å²) in [7, 11) is 1.87. The molecule has 2 aliphatic rings. The molecule has 5 aromatic carbocycles. The minimum Gasteiger partial charge on any atom is -0.490 e. The number of rotatable bonds is 8. The standard InChI is InChI=1S/C55H54N8O3/c1-54(2,3)66-53(64)62-29-28-47(41-35-57-61(37-41)36-39-20-17-27-46(31-39)65-49-33-45(62)32-40(49)30-38-18-9-5-10-19-38)48-34-50(56-4)58-52-51(48)59-60-63(52)55(42-21-11-6-12-22-42,43-23-13-7-14-24-43)44-25-15-8-16-26-44/h5-28,31,34-35,37,40,45,49H,29-30,32-33,36H2,1-4H3,(H,56,58)/b47-28+/t40-,45?,49+/m0/s1. The Bertz CT molecular complexity index is 2880. The zero-order chi connectivity index (χ0) is 45.3. The minimum atomic E-state index is -0.963. The van der Waals surface area contributed by atoms with Crippen LogP contribution < -0.4 is 10.1 Å². The van der Waals surface area contributed by atoms with Gasteiger partial charge < -0.3 is 19.7 Å². The maximum Gasteiger partial charge on any atom is 0.410 e. The Morgan fingerprint density at radius 2 is 1.45 bits per heavy atom. The van der Waals surface area contributed by atoms with Crippen LogP contribution in [0.1, 0.15) is 72.6 Å². The molecule has 1 fully saturated rings. The van der Waals surface area contributed by atoms with E-state index in [9.17, 15) is 4.79 Å². The van der Waals surface area contributed by atoms with E-state index in [1.165, 1.54) is 5.56 Å². The lowest BCUT2D eigenvalue weighted by molar-refractivity contribution is 0.0184. The molecule has 8 aromatic rings. The molecule has 1 unspecified atom stereocenters. The number of fused-ring (bicyclic) bond motifs is 7. The molecule has 10 rings (SSSR count). The molecule has 11 nitrogen and oxygen atoms in total. The van der Waals surface area contributed by atoms with Gasteiger partial charge in [0.1, 0.15) is 34.3 Å². The van der Waals surface area contributed by atoms with Crippen molar-refractivity contribution >= 4 is 28.6 Å². The second-order valence-corrected chi connectivity index (χ2v) is 18.3. The first-order valence-electron chi connectivity index (χ1n) is 22.8. The zero-order valence-corrected chi connectivity index (χ0v) is 37.8. The summed E-state index contributed by atoms with van der Waals surface area (Å²) in [4.78, 5) is 21.7. The zero-order valence-electron chi connectivity index (χ0n) is 37.8. The highest BCUT2D eigenvalue weighted by Gasteiger charge is 2.43. The lowest BCUT2D eigenvalue weighted by Crippen LogP contribution is -2.43. The Hall–Kier alpha value is -7.53. The number of benzene rings is 5. The lowest BCUT2D eigenvalue weighted by atomic mass is 9.77. The number of hydrogen-bond acceptors (Lipinski definition) is 8. The summed E-state index contributed by atoms with van der Waals surface area (Å²) in [6.45, 7) is 6.53. The van der Waals surface area contributed by atoms with Crippen LogP contribution in [0.2, 0.25) is 0 Å². The van der Waals surface area contributed by atoms with E-state index in [2.05, 4.69) is 127 Å². The highest BCUT2D eigenvalue weighted by atomic mass is 16.6. The highest BCUT2D eigenvalue weighted by molar-refractivity contribution is 5.94. The van der Waals surface area contributed by atoms with E-state index in [0.29, 0.717) is 29.9 Å². The van der Waals surface area contributed by atoms with Gasteiger partial charge >= 0.3 is 6.09 Å². The number of amides is 1. The van der Waals surface area contributed by atoms with Crippen molar-refractivity contribution in [2.24, 2.45) is 5.92 Å². The summed E-state index contributed by atoms with van der Waals surface area (Å²) in [5.41, 5.74) is 7.32. The molecule has 4 heterocycles. The summed E-state index contributed by atoms with van der Waals surface area (Å²) >= 11 is 0. The normalized spacial score (nSPS) is 18.4. The maximum atomic E-state index is 14.6. The molecule has 3 aromatic heterocycles. The largest absolute Gasteiger partial charge is 0.490 e. The molecule has 66 heavy (non-hydrogen) atoms. The van der Waals surface area contributed by atoms with Crippen molar-refractivity contribution in [1.29, 1.82) is 0 Å². The second kappa shape index (κ2) is 17.8. The third-order valence-electron chi connectivity index (χ3n) is 12.8. The van der Waals surface area contributed by atoms with E-state index in [1.807, 2.05) is 90.7 Å². The molecule has 1 aliphatic carbocycles. The van der Waals surface area contributed by atoms with Gasteiger partial charge in [-0.25, -0.2) is 14.5 Å². The van der Waals surface area contributed by atoms with Crippen LogP contribution in [0.15, 0.2) is 170 Å². The van der Waals surface area contributed by atoms with Gasteiger partial charge in [0, 0.05) is 49.3 Å². The fourth-order valence-corrected chi connectivity index (χ4v) is 9.89. The molecule has 0 saturated heterocycles. The first kappa shape index (κ1) is 42.4. The quantitative estimate of drug-likeness (QED) is 0.150. The van der Waals surface area contributed by atoms with Crippen molar-refractivity contribution in [1.82, 2.24) is 34.7 Å². The number of carbonyl (C=O) groups excluding carboxylic acids is 1. The van der Waals surface area contributed by atoms with Gasteiger partial charge in [0.2, 0.25) is 0 Å². The van der Waals surface area contributed by atoms with Crippen LogP contribution >= 0.6 is 0 Å². The van der Waals surface area contributed by atoms with Gasteiger partial charge in [0.25, 0.3) is 0 Å². The number of aromatic nitrogens is 6. The summed E-state index contributed by atoms with van der Waals surface area (Å²) in [6.07, 6.45) is 7.78. The number of ether oxygens (including phenoxy) is 2. The van der Waals surface area contributed by atoms with Crippen LogP contribution in [-0.2, 0) is 23.2 Å². The summed E-state index contributed by atoms with van der Waals surface area (Å²) < 4.78 is 17.0. The van der Waals surface area contributed by atoms with Crippen molar-refractivity contribution in [3.63, 3.8) is 0 Å². The molecule has 1 N–H and O–H groups in total. The Labute approximate surface area is 385 Å². The van der Waals surface area contributed by atoms with E-state index >= 15 is 0 Å². The topological polar surface area (TPSA) is 112 Å². The van der Waals surface area contributed by atoms with E-state index in [4.69, 9.17) is 29.9 Å². The summed E-state index contributed by atoms with van der Waals surface area (Å²) in [5, 5.41) is 18.4. The molecule has 6 bridgehead atoms. The predicted octanol–water partition coefficient (Wildman–Crippen LogP) is 10.4. The Balaban J connectivity index is 1.17. The van der Waals surface area contributed by atoms with Gasteiger partial charge in [0.05, 0.1) is 12.7 Å². The van der Waals surface area contributed by atoms with Gasteiger partial charge in [-0.15, -0.1) is 5.10 Å². The van der Waals surface area contributed by atoms with Crippen LogP contribution in [0.3, 0.4) is 0 Å². The number of carbonyl (C=O) groups is 1. The van der Waals surface area contributed by atoms with E-state index in [-0.39, 0.29) is 30.7 Å². The highest BCUT2D eigenvalue weighted by Crippen LogP contribution is 2.43. The minimum absolute atomic E-state index is 0.133. The number of hydrogen-bond donors (Lipinski definition) is 1. The number of nitrogens with zero attached hydrogens (tertiary/aromatic N) is 7. The monoisotopic (exact) mass is 874 g/mol. The van der Waals surface area contributed by atoms with Gasteiger partial charge in [0.15, 0.2) is 5.65 Å². The van der Waals surface area contributed by atoms with Crippen LogP contribution in [0, 0.1) is 5.92 Å². The number of nitrogens with one attached hydrogen (secondary N) is 1. The van der Waals surface area contributed by atoms with Crippen molar-refractivity contribution in [2.75, 3.05) is 18.9 Å². The smallest absolute Gasteiger partial charge is 0.410 e. The Kier molecular flexibility index (Phi) is 11.4. The van der Waals surface area contributed by atoms with Gasteiger partial charge in [-0.2, -0.15) is 5.10 Å². The van der Waals surface area contributed by atoms with Gasteiger partial charge in [-0.05, 0) is 85.2 Å². The molecule has 1 amide bonds. The number of pyridine rings is 1. The molecular weight excluding hydrogens is 821 g/mol. The molecule has 332 valence electrons. The fourth-order valence-electron chi connectivity index (χ4n) is 9.89. The van der Waals surface area contributed by atoms with Crippen molar-refractivity contribution < 1.29 is 14.3 Å². The predicted molar refractivity (Wildman–Crippen MR) is 258 cm³/mol. The summed E-state index contributed by atoms with van der Waals surface area (Å²) in [6, 6.07) is 51.9. The van der Waals surface area contributed by atoms with E-state index in [1.54, 1.807) is 0 Å². The van der Waals surface area contributed by atoms with Crippen LogP contribution in [-0.4, -0.2) is 72.1 Å². The third kappa shape index (κ3) is 8.32. The molecule has 1 aliphatic heterocycles. The third-order valence-corrected chi connectivity index (χ3v) is 12.8. The van der Waals surface area contributed by atoms with E-state index in [0.717, 1.165) is 57.5 Å². The van der Waals surface area contributed by atoms with Gasteiger partial charge in [-0.1, -0.05) is 145 Å². The van der Waals surface area contributed by atoms with Crippen LogP contribution in [0.25, 0.3) is 16.7 Å². The molecule has 0 spiro atoms. The van der Waals surface area contributed by atoms with Crippen LogP contribution in [0.5, 0.6) is 5.75 Å². The first-order chi connectivity index (χ1) is 32.2. The van der Waals surface area contributed by atoms with Crippen molar-refractivity contribution in [3.05, 3.63) is 209 Å². The Morgan fingerprint density at radius 3 is 2.09 bits per heavy atom. The van der Waals surface area contributed by atoms with E-state index < -0.39 is 11.1 Å². The van der Waals surface area contributed by atoms with Gasteiger partial charge in [-0.3, -0.25) is 4.68 Å².